The van der Waals surface area contributed by atoms with Crippen LogP contribution in [0.3, 0.4) is 0 Å². The predicted molar refractivity (Wildman–Crippen MR) is 76.5 cm³/mol. The van der Waals surface area contributed by atoms with Crippen molar-refractivity contribution in [3.05, 3.63) is 32.5 Å². The van der Waals surface area contributed by atoms with E-state index in [2.05, 4.69) is 21.2 Å². The van der Waals surface area contributed by atoms with E-state index in [1.54, 1.807) is 0 Å². The van der Waals surface area contributed by atoms with Crippen LogP contribution in [0.15, 0.2) is 16.6 Å². The van der Waals surface area contributed by atoms with E-state index in [1.807, 2.05) is 7.05 Å². The number of rotatable bonds is 4. The summed E-state index contributed by atoms with van der Waals surface area (Å²) in [5.74, 6) is -0.578. The van der Waals surface area contributed by atoms with Gasteiger partial charge >= 0.3 is 5.69 Å². The van der Waals surface area contributed by atoms with E-state index in [0.29, 0.717) is 0 Å². The number of nitro benzene ring substituents is 1. The van der Waals surface area contributed by atoms with Crippen LogP contribution in [0, 0.1) is 15.9 Å². The molecule has 1 N–H and O–H groups in total. The normalized spacial score (nSPS) is 22.6. The third-order valence-corrected chi connectivity index (χ3v) is 4.16. The lowest BCUT2D eigenvalue weighted by Gasteiger charge is -2.31. The summed E-state index contributed by atoms with van der Waals surface area (Å²) in [5.41, 5.74) is -0.223. The monoisotopic (exact) mass is 346 g/mol. The van der Waals surface area contributed by atoms with Gasteiger partial charge in [0.05, 0.1) is 9.40 Å². The highest BCUT2D eigenvalue weighted by atomic mass is 79.9. The number of nitrogens with one attached hydrogen (secondary N) is 1. The second kappa shape index (κ2) is 6.49. The zero-order valence-electron chi connectivity index (χ0n) is 11.1. The lowest BCUT2D eigenvalue weighted by Crippen LogP contribution is -2.43. The highest BCUT2D eigenvalue weighted by Gasteiger charge is 2.28. The molecule has 5 nitrogen and oxygen atoms in total. The maximum Gasteiger partial charge on any atom is 0.312 e. The maximum absolute atomic E-state index is 13.6. The molecular formula is C13H16BrFN2O3. The average Bonchev–Trinajstić information content (AvgIpc) is 2.43. The van der Waals surface area contributed by atoms with Gasteiger partial charge in [-0.3, -0.25) is 10.1 Å². The first kappa shape index (κ1) is 15.2. The summed E-state index contributed by atoms with van der Waals surface area (Å²) in [6, 6.07) is 2.35. The molecule has 1 aromatic rings. The topological polar surface area (TPSA) is 64.4 Å². The molecule has 1 saturated carbocycles. The Bertz CT molecular complexity index is 513. The third-order valence-electron chi connectivity index (χ3n) is 3.55. The molecular weight excluding hydrogens is 331 g/mol. The minimum Gasteiger partial charge on any atom is -0.482 e. The molecule has 7 heteroatoms. The number of benzene rings is 1. The van der Waals surface area contributed by atoms with Gasteiger partial charge in [-0.15, -0.1) is 0 Å². The van der Waals surface area contributed by atoms with Crippen LogP contribution in [0.5, 0.6) is 5.75 Å². The standard InChI is InChI=1S/C13H16BrFN2O3/c1-16-10-4-2-3-5-12(10)20-13-7-9(15)8(14)6-11(13)17(18)19/h6-7,10,12,16H,2-5H2,1H3. The third kappa shape index (κ3) is 3.27. The number of hydrogen-bond acceptors (Lipinski definition) is 4. The number of hydrogen-bond donors (Lipinski definition) is 1. The van der Waals surface area contributed by atoms with Gasteiger partial charge < -0.3 is 10.1 Å². The molecule has 1 fully saturated rings. The van der Waals surface area contributed by atoms with Crippen LogP contribution in [0.1, 0.15) is 25.7 Å². The Kier molecular flexibility index (Phi) is 4.93. The van der Waals surface area contributed by atoms with Crippen LogP contribution >= 0.6 is 15.9 Å². The molecule has 0 spiro atoms. The molecule has 2 atom stereocenters. The quantitative estimate of drug-likeness (QED) is 0.670. The highest BCUT2D eigenvalue weighted by Crippen LogP contribution is 2.35. The van der Waals surface area contributed by atoms with E-state index in [9.17, 15) is 14.5 Å². The molecule has 0 saturated heterocycles. The molecule has 110 valence electrons. The lowest BCUT2D eigenvalue weighted by molar-refractivity contribution is -0.386. The molecule has 2 unspecified atom stereocenters. The smallest absolute Gasteiger partial charge is 0.312 e. The van der Waals surface area contributed by atoms with Crippen molar-refractivity contribution in [2.24, 2.45) is 0 Å². The van der Waals surface area contributed by atoms with E-state index >= 15 is 0 Å². The number of halogens is 2. The van der Waals surface area contributed by atoms with Crippen molar-refractivity contribution in [1.29, 1.82) is 0 Å². The van der Waals surface area contributed by atoms with Gasteiger partial charge in [0.2, 0.25) is 0 Å². The van der Waals surface area contributed by atoms with Crippen molar-refractivity contribution in [1.82, 2.24) is 5.32 Å². The SMILES string of the molecule is CNC1CCCCC1Oc1cc(F)c(Br)cc1[N+](=O)[O-]. The summed E-state index contributed by atoms with van der Waals surface area (Å²) in [4.78, 5) is 10.5. The van der Waals surface area contributed by atoms with Crippen molar-refractivity contribution < 1.29 is 14.1 Å². The molecule has 0 aromatic heterocycles. The van der Waals surface area contributed by atoms with Crippen molar-refractivity contribution in [3.8, 4) is 5.75 Å². The Balaban J connectivity index is 2.27. The molecule has 1 aliphatic rings. The molecule has 1 aliphatic carbocycles. The molecule has 0 heterocycles. The zero-order chi connectivity index (χ0) is 14.7. The van der Waals surface area contributed by atoms with Crippen LogP contribution in [-0.4, -0.2) is 24.1 Å². The minimum atomic E-state index is -0.567. The van der Waals surface area contributed by atoms with Gasteiger partial charge in [-0.1, -0.05) is 6.42 Å². The fraction of sp³-hybridized carbons (Fsp3) is 0.538. The number of nitro groups is 1. The fourth-order valence-corrected chi connectivity index (χ4v) is 2.82. The largest absolute Gasteiger partial charge is 0.482 e. The Morgan fingerprint density at radius 3 is 2.80 bits per heavy atom. The minimum absolute atomic E-state index is 0.0112. The summed E-state index contributed by atoms with van der Waals surface area (Å²) >= 11 is 2.95. The summed E-state index contributed by atoms with van der Waals surface area (Å²) < 4.78 is 19.4. The van der Waals surface area contributed by atoms with E-state index in [0.717, 1.165) is 37.8 Å². The Hall–Kier alpha value is -1.21. The van der Waals surface area contributed by atoms with Crippen LogP contribution in [0.25, 0.3) is 0 Å². The first-order valence-electron chi connectivity index (χ1n) is 6.50. The maximum atomic E-state index is 13.6. The molecule has 0 bridgehead atoms. The van der Waals surface area contributed by atoms with Gasteiger partial charge in [0.1, 0.15) is 11.9 Å². The van der Waals surface area contributed by atoms with Crippen molar-refractivity contribution in [2.75, 3.05) is 7.05 Å². The zero-order valence-corrected chi connectivity index (χ0v) is 12.7. The second-order valence-electron chi connectivity index (χ2n) is 4.83. The molecule has 1 aromatic carbocycles. The van der Waals surface area contributed by atoms with Gasteiger partial charge in [-0.2, -0.15) is 0 Å². The van der Waals surface area contributed by atoms with E-state index in [1.165, 1.54) is 0 Å². The Morgan fingerprint density at radius 1 is 1.45 bits per heavy atom. The summed E-state index contributed by atoms with van der Waals surface area (Å²) in [6.07, 6.45) is 3.69. The fourth-order valence-electron chi connectivity index (χ4n) is 2.49. The number of nitrogens with zero attached hydrogens (tertiary/aromatic N) is 1. The first-order chi connectivity index (χ1) is 9.52. The number of likely N-dealkylation sites (N-methyl/N-ethyl adjacent to an activating group) is 1. The highest BCUT2D eigenvalue weighted by molar-refractivity contribution is 9.10. The second-order valence-corrected chi connectivity index (χ2v) is 5.68. The van der Waals surface area contributed by atoms with Crippen LogP contribution in [-0.2, 0) is 0 Å². The number of ether oxygens (including phenoxy) is 1. The van der Waals surface area contributed by atoms with Gasteiger partial charge in [0.15, 0.2) is 5.75 Å². The first-order valence-corrected chi connectivity index (χ1v) is 7.29. The Labute approximate surface area is 124 Å². The molecule has 0 aliphatic heterocycles. The van der Waals surface area contributed by atoms with Crippen molar-refractivity contribution in [2.45, 2.75) is 37.8 Å². The van der Waals surface area contributed by atoms with Gasteiger partial charge in [0, 0.05) is 18.2 Å². The van der Waals surface area contributed by atoms with Gasteiger partial charge in [-0.25, -0.2) is 4.39 Å². The van der Waals surface area contributed by atoms with Crippen molar-refractivity contribution >= 4 is 21.6 Å². The van der Waals surface area contributed by atoms with Gasteiger partial charge in [0.25, 0.3) is 0 Å². The Morgan fingerprint density at radius 2 is 2.15 bits per heavy atom. The lowest BCUT2D eigenvalue weighted by atomic mass is 9.92. The van der Waals surface area contributed by atoms with Crippen LogP contribution in [0.4, 0.5) is 10.1 Å². The summed E-state index contributed by atoms with van der Waals surface area (Å²) in [5, 5.41) is 14.2. The average molecular weight is 347 g/mol. The van der Waals surface area contributed by atoms with Gasteiger partial charge in [-0.05, 0) is 42.2 Å². The van der Waals surface area contributed by atoms with E-state index in [-0.39, 0.29) is 28.1 Å². The summed E-state index contributed by atoms with van der Waals surface area (Å²) in [7, 11) is 1.84. The van der Waals surface area contributed by atoms with Crippen molar-refractivity contribution in [3.63, 3.8) is 0 Å². The van der Waals surface area contributed by atoms with Crippen LogP contribution in [0.2, 0.25) is 0 Å². The molecule has 0 radical (unpaired) electrons. The molecule has 2 rings (SSSR count). The molecule has 20 heavy (non-hydrogen) atoms. The predicted octanol–water partition coefficient (Wildman–Crippen LogP) is 3.41. The van der Waals surface area contributed by atoms with Crippen LogP contribution < -0.4 is 10.1 Å². The van der Waals surface area contributed by atoms with E-state index < -0.39 is 10.7 Å². The van der Waals surface area contributed by atoms with E-state index in [4.69, 9.17) is 4.74 Å². The summed E-state index contributed by atoms with van der Waals surface area (Å²) in [6.45, 7) is 0. The molecule has 0 amide bonds.